The van der Waals surface area contributed by atoms with Gasteiger partial charge in [-0.3, -0.25) is 10.1 Å². The third-order valence-corrected chi connectivity index (χ3v) is 5.97. The molecule has 178 valence electrons. The monoisotopic (exact) mass is 456 g/mol. The Morgan fingerprint density at radius 3 is 2.36 bits per heavy atom. The van der Waals surface area contributed by atoms with Crippen molar-refractivity contribution in [1.82, 2.24) is 5.43 Å². The molecule has 1 aliphatic heterocycles. The lowest BCUT2D eigenvalue weighted by molar-refractivity contribution is -0.967. The second-order valence-corrected chi connectivity index (χ2v) is 8.27. The fourth-order valence-electron chi connectivity index (χ4n) is 4.18. The second kappa shape index (κ2) is 11.6. The van der Waals surface area contributed by atoms with Gasteiger partial charge in [-0.1, -0.05) is 25.1 Å². The average molecular weight is 457 g/mol. The molecular formula is C25H34N3O5+. The number of rotatable bonds is 9. The molecule has 1 unspecified atom stereocenters. The van der Waals surface area contributed by atoms with Gasteiger partial charge in [-0.05, 0) is 49.9 Å². The minimum atomic E-state index is -0.494. The van der Waals surface area contributed by atoms with E-state index in [4.69, 9.17) is 14.2 Å². The maximum atomic E-state index is 13.3. The number of hydrogen-bond donors (Lipinski definition) is 2. The zero-order valence-electron chi connectivity index (χ0n) is 19.6. The van der Waals surface area contributed by atoms with Crippen molar-refractivity contribution < 1.29 is 28.4 Å². The van der Waals surface area contributed by atoms with Crippen molar-refractivity contribution >= 4 is 17.7 Å². The Kier molecular flexibility index (Phi) is 8.54. The Bertz CT molecular complexity index is 929. The molecule has 0 aromatic heterocycles. The Morgan fingerprint density at radius 2 is 1.73 bits per heavy atom. The number of hydrogen-bond acceptors (Lipinski definition) is 5. The van der Waals surface area contributed by atoms with Crippen LogP contribution in [0, 0.1) is 0 Å². The van der Waals surface area contributed by atoms with Crippen LogP contribution in [0.5, 0.6) is 11.5 Å². The van der Waals surface area contributed by atoms with Crippen LogP contribution in [-0.2, 0) is 4.74 Å². The minimum absolute atomic E-state index is 0.222. The molecule has 0 radical (unpaired) electrons. The van der Waals surface area contributed by atoms with Gasteiger partial charge in [0.15, 0.2) is 6.10 Å². The highest BCUT2D eigenvalue weighted by Crippen LogP contribution is 2.26. The predicted molar refractivity (Wildman–Crippen MR) is 126 cm³/mol. The zero-order chi connectivity index (χ0) is 23.7. The Morgan fingerprint density at radius 1 is 1.00 bits per heavy atom. The molecule has 8 heteroatoms. The van der Waals surface area contributed by atoms with Crippen LogP contribution in [0.3, 0.4) is 0 Å². The van der Waals surface area contributed by atoms with Crippen molar-refractivity contribution in [3.63, 3.8) is 0 Å². The number of nitrogens with zero attached hydrogens (tertiary/aromatic N) is 1. The molecule has 1 fully saturated rings. The molecule has 1 saturated heterocycles. The van der Waals surface area contributed by atoms with E-state index in [0.717, 1.165) is 32.4 Å². The molecule has 0 bridgehead atoms. The van der Waals surface area contributed by atoms with Crippen molar-refractivity contribution in [2.75, 3.05) is 39.2 Å². The first-order valence-electron chi connectivity index (χ1n) is 11.4. The molecule has 0 saturated carbocycles. The highest BCUT2D eigenvalue weighted by molar-refractivity contribution is 5.96. The van der Waals surface area contributed by atoms with Gasteiger partial charge < -0.3 is 14.2 Å². The molecule has 3 rings (SSSR count). The van der Waals surface area contributed by atoms with Crippen LogP contribution in [0.25, 0.3) is 0 Å². The van der Waals surface area contributed by atoms with Crippen molar-refractivity contribution in [2.45, 2.75) is 38.7 Å². The fraction of sp³-hybridized carbons (Fsp3) is 0.440. The lowest BCUT2D eigenvalue weighted by atomic mass is 10.1. The molecule has 1 heterocycles. The molecule has 2 aromatic carbocycles. The summed E-state index contributed by atoms with van der Waals surface area (Å²) in [5.41, 5.74) is 4.34. The van der Waals surface area contributed by atoms with E-state index in [1.807, 2.05) is 37.3 Å². The average Bonchev–Trinajstić information content (AvgIpc) is 2.84. The SMILES string of the molecule is CCC(C[N+]1(NC(=O)c2ccc(OC)cc2OC)CCCCC1)OC(=O)Nc1ccccc1. The maximum absolute atomic E-state index is 13.3. The lowest BCUT2D eigenvalue weighted by Gasteiger charge is -2.41. The van der Waals surface area contributed by atoms with E-state index in [1.54, 1.807) is 25.3 Å². The van der Waals surface area contributed by atoms with Gasteiger partial charge in [0.2, 0.25) is 0 Å². The minimum Gasteiger partial charge on any atom is -0.497 e. The summed E-state index contributed by atoms with van der Waals surface area (Å²) in [5, 5.41) is 2.77. The summed E-state index contributed by atoms with van der Waals surface area (Å²) in [5.74, 6) is 0.849. The predicted octanol–water partition coefficient (Wildman–Crippen LogP) is 4.38. The molecule has 33 heavy (non-hydrogen) atoms. The number of quaternary nitrogens is 1. The van der Waals surface area contributed by atoms with E-state index in [1.165, 1.54) is 7.11 Å². The fourth-order valence-corrected chi connectivity index (χ4v) is 4.18. The Hall–Kier alpha value is -3.26. The van der Waals surface area contributed by atoms with E-state index >= 15 is 0 Å². The first kappa shape index (κ1) is 24.4. The van der Waals surface area contributed by atoms with Crippen LogP contribution in [-0.4, -0.2) is 56.6 Å². The number of amides is 2. The molecule has 0 aliphatic carbocycles. The van der Waals surface area contributed by atoms with E-state index in [2.05, 4.69) is 10.7 Å². The first-order chi connectivity index (χ1) is 16.0. The van der Waals surface area contributed by atoms with Gasteiger partial charge in [-0.15, -0.1) is 0 Å². The Balaban J connectivity index is 1.72. The molecule has 8 nitrogen and oxygen atoms in total. The van der Waals surface area contributed by atoms with Gasteiger partial charge >= 0.3 is 6.09 Å². The highest BCUT2D eigenvalue weighted by atomic mass is 16.6. The van der Waals surface area contributed by atoms with Gasteiger partial charge in [0, 0.05) is 11.8 Å². The summed E-state index contributed by atoms with van der Waals surface area (Å²) in [6.45, 7) is 4.05. The maximum Gasteiger partial charge on any atom is 0.412 e. The number of methoxy groups -OCH3 is 2. The summed E-state index contributed by atoms with van der Waals surface area (Å²) in [6.07, 6.45) is 2.91. The molecule has 2 aromatic rings. The molecule has 2 amide bonds. The third-order valence-electron chi connectivity index (χ3n) is 5.97. The van der Waals surface area contributed by atoms with Gasteiger partial charge in [0.25, 0.3) is 5.91 Å². The van der Waals surface area contributed by atoms with Gasteiger partial charge in [0.05, 0.1) is 19.8 Å². The first-order valence-corrected chi connectivity index (χ1v) is 11.4. The largest absolute Gasteiger partial charge is 0.497 e. The number of para-hydroxylation sites is 1. The quantitative estimate of drug-likeness (QED) is 0.547. The normalized spacial score (nSPS) is 15.7. The van der Waals surface area contributed by atoms with Crippen LogP contribution in [0.1, 0.15) is 43.0 Å². The molecule has 1 aliphatic rings. The van der Waals surface area contributed by atoms with E-state index < -0.39 is 6.09 Å². The number of anilines is 1. The zero-order valence-corrected chi connectivity index (χ0v) is 19.6. The van der Waals surface area contributed by atoms with Gasteiger partial charge in [-0.2, -0.15) is 5.43 Å². The summed E-state index contributed by atoms with van der Waals surface area (Å²) >= 11 is 0. The number of benzene rings is 2. The van der Waals surface area contributed by atoms with Gasteiger partial charge in [0.1, 0.15) is 31.1 Å². The molecular weight excluding hydrogens is 422 g/mol. The summed E-state index contributed by atoms with van der Waals surface area (Å²) in [4.78, 5) is 25.7. The molecule has 0 spiro atoms. The van der Waals surface area contributed by atoms with Crippen molar-refractivity contribution in [3.05, 3.63) is 54.1 Å². The number of ether oxygens (including phenoxy) is 3. The van der Waals surface area contributed by atoms with E-state index in [9.17, 15) is 9.59 Å². The molecule has 1 atom stereocenters. The number of carbonyl (C=O) groups is 2. The highest BCUT2D eigenvalue weighted by Gasteiger charge is 2.37. The second-order valence-electron chi connectivity index (χ2n) is 8.27. The lowest BCUT2D eigenvalue weighted by Crippen LogP contribution is -2.65. The summed E-state index contributed by atoms with van der Waals surface area (Å²) < 4.78 is 16.8. The number of likely N-dealkylation sites (tertiary alicyclic amines) is 1. The van der Waals surface area contributed by atoms with Crippen molar-refractivity contribution in [1.29, 1.82) is 0 Å². The van der Waals surface area contributed by atoms with Gasteiger partial charge in [-0.25, -0.2) is 9.39 Å². The topological polar surface area (TPSA) is 85.9 Å². The van der Waals surface area contributed by atoms with Crippen molar-refractivity contribution in [3.8, 4) is 11.5 Å². The van der Waals surface area contributed by atoms with E-state index in [-0.39, 0.29) is 12.0 Å². The van der Waals surface area contributed by atoms with Crippen LogP contribution >= 0.6 is 0 Å². The smallest absolute Gasteiger partial charge is 0.412 e. The van der Waals surface area contributed by atoms with Crippen molar-refractivity contribution in [2.24, 2.45) is 0 Å². The van der Waals surface area contributed by atoms with Crippen LogP contribution in [0.2, 0.25) is 0 Å². The number of nitrogens with one attached hydrogen (secondary N) is 2. The molecule has 2 N–H and O–H groups in total. The summed E-state index contributed by atoms with van der Waals surface area (Å²) in [6, 6.07) is 14.3. The number of piperidine rings is 1. The van der Waals surface area contributed by atoms with Crippen LogP contribution in [0.4, 0.5) is 10.5 Å². The van der Waals surface area contributed by atoms with Crippen LogP contribution in [0.15, 0.2) is 48.5 Å². The van der Waals surface area contributed by atoms with E-state index in [0.29, 0.717) is 40.3 Å². The standard InChI is InChI=1S/C25H33N3O5/c1-4-20(33-25(30)26-19-11-7-5-8-12-19)18-28(15-9-6-10-16-28)27-24(29)22-14-13-21(31-2)17-23(22)32-3/h5,7-8,11-14,17,20H,4,6,9-10,15-16,18H2,1-3H3,(H-,26,27,29,30)/p+1. The summed E-state index contributed by atoms with van der Waals surface area (Å²) in [7, 11) is 3.10. The number of carbonyl (C=O) groups excluding carboxylic acids is 2. The van der Waals surface area contributed by atoms with Crippen LogP contribution < -0.4 is 20.2 Å². The third kappa shape index (κ3) is 6.61. The Labute approximate surface area is 195 Å².